The molecule has 0 saturated heterocycles. The van der Waals surface area contributed by atoms with Gasteiger partial charge < -0.3 is 15.2 Å². The minimum absolute atomic E-state index is 0.204. The molecule has 0 aliphatic carbocycles. The minimum Gasteiger partial charge on any atom is -0.478 e. The molecule has 0 radical (unpaired) electrons. The Morgan fingerprint density at radius 2 is 1.84 bits per heavy atom. The summed E-state index contributed by atoms with van der Waals surface area (Å²) < 4.78 is 5.94. The highest BCUT2D eigenvalue weighted by Crippen LogP contribution is 2.34. The Hall–Kier alpha value is -3.13. The molecular formula is C22H15Cl2N3O3S. The third-order valence-corrected chi connectivity index (χ3v) is 6.05. The molecule has 0 fully saturated rings. The summed E-state index contributed by atoms with van der Waals surface area (Å²) in [6, 6.07) is 17.5. The number of aromatic nitrogens is 2. The van der Waals surface area contributed by atoms with Crippen molar-refractivity contribution in [3.63, 3.8) is 0 Å². The Kier molecular flexibility index (Phi) is 6.08. The Morgan fingerprint density at radius 1 is 1.03 bits per heavy atom. The van der Waals surface area contributed by atoms with Crippen LogP contribution >= 0.6 is 34.5 Å². The molecule has 0 aliphatic heterocycles. The summed E-state index contributed by atoms with van der Waals surface area (Å²) in [5, 5.41) is 23.1. The number of anilines is 2. The van der Waals surface area contributed by atoms with Crippen LogP contribution in [-0.2, 0) is 0 Å². The highest BCUT2D eigenvalue weighted by molar-refractivity contribution is 7.18. The Labute approximate surface area is 192 Å². The van der Waals surface area contributed by atoms with Gasteiger partial charge in [-0.05, 0) is 49.4 Å². The van der Waals surface area contributed by atoms with Gasteiger partial charge in [-0.25, -0.2) is 4.79 Å². The van der Waals surface area contributed by atoms with E-state index in [0.29, 0.717) is 37.2 Å². The van der Waals surface area contributed by atoms with Gasteiger partial charge in [0.25, 0.3) is 0 Å². The third-order valence-electron chi connectivity index (χ3n) is 4.42. The predicted molar refractivity (Wildman–Crippen MR) is 123 cm³/mol. The van der Waals surface area contributed by atoms with Gasteiger partial charge >= 0.3 is 5.97 Å². The number of nitrogens with zero attached hydrogens (tertiary/aromatic N) is 2. The molecule has 4 rings (SSSR count). The zero-order chi connectivity index (χ0) is 22.0. The van der Waals surface area contributed by atoms with Crippen molar-refractivity contribution < 1.29 is 14.6 Å². The molecule has 156 valence electrons. The van der Waals surface area contributed by atoms with Crippen molar-refractivity contribution >= 4 is 51.3 Å². The number of carboxylic acid groups (broad SMARTS) is 1. The van der Waals surface area contributed by atoms with Gasteiger partial charge in [0.15, 0.2) is 0 Å². The van der Waals surface area contributed by atoms with Crippen LogP contribution in [0.2, 0.25) is 10.0 Å². The van der Waals surface area contributed by atoms with Crippen molar-refractivity contribution in [3.8, 4) is 22.1 Å². The van der Waals surface area contributed by atoms with Gasteiger partial charge in [0.1, 0.15) is 16.5 Å². The fourth-order valence-electron chi connectivity index (χ4n) is 2.86. The lowest BCUT2D eigenvalue weighted by molar-refractivity contribution is 0.0695. The van der Waals surface area contributed by atoms with E-state index in [1.807, 2.05) is 18.2 Å². The molecule has 0 bridgehead atoms. The molecule has 1 aromatic heterocycles. The summed E-state index contributed by atoms with van der Waals surface area (Å²) in [4.78, 5) is 11.3. The highest BCUT2D eigenvalue weighted by Gasteiger charge is 2.13. The van der Waals surface area contributed by atoms with E-state index in [1.54, 1.807) is 49.4 Å². The summed E-state index contributed by atoms with van der Waals surface area (Å²) in [5.41, 5.74) is 2.34. The molecule has 0 spiro atoms. The zero-order valence-corrected chi connectivity index (χ0v) is 18.4. The standard InChI is InChI=1S/C22H15Cl2N3O3S/c1-12-16(21(28)29)6-3-7-19(12)30-15-5-2-4-13(10-15)20-26-27-22(31-20)25-14-8-9-17(23)18(24)11-14/h2-11H,1H3,(H,25,27)(H,28,29). The number of rotatable bonds is 6. The minimum atomic E-state index is -0.993. The van der Waals surface area contributed by atoms with E-state index in [-0.39, 0.29) is 5.56 Å². The average molecular weight is 472 g/mol. The maximum absolute atomic E-state index is 11.3. The monoisotopic (exact) mass is 471 g/mol. The SMILES string of the molecule is Cc1c(Oc2cccc(-c3nnc(Nc4ccc(Cl)c(Cl)c4)s3)c2)cccc1C(=O)O. The van der Waals surface area contributed by atoms with Crippen molar-refractivity contribution in [2.75, 3.05) is 5.32 Å². The van der Waals surface area contributed by atoms with Gasteiger partial charge in [0.2, 0.25) is 5.13 Å². The number of benzene rings is 3. The van der Waals surface area contributed by atoms with Gasteiger partial charge in [-0.2, -0.15) is 0 Å². The second-order valence-electron chi connectivity index (χ2n) is 6.53. The number of ether oxygens (including phenoxy) is 1. The normalized spacial score (nSPS) is 10.7. The summed E-state index contributed by atoms with van der Waals surface area (Å²) in [6.45, 7) is 1.72. The van der Waals surface area contributed by atoms with E-state index in [0.717, 1.165) is 11.3 Å². The topological polar surface area (TPSA) is 84.3 Å². The van der Waals surface area contributed by atoms with Crippen LogP contribution in [0.15, 0.2) is 60.7 Å². The Bertz CT molecular complexity index is 1280. The molecule has 0 aliphatic rings. The number of aromatic carboxylic acids is 1. The average Bonchev–Trinajstić information content (AvgIpc) is 3.21. The van der Waals surface area contributed by atoms with Crippen LogP contribution in [0.4, 0.5) is 10.8 Å². The summed E-state index contributed by atoms with van der Waals surface area (Å²) in [7, 11) is 0. The molecule has 0 saturated carbocycles. The first-order valence-corrected chi connectivity index (χ1v) is 10.6. The first kappa shape index (κ1) is 21.1. The first-order valence-electron chi connectivity index (χ1n) is 9.07. The smallest absolute Gasteiger partial charge is 0.336 e. The van der Waals surface area contributed by atoms with Crippen molar-refractivity contribution in [3.05, 3.63) is 81.8 Å². The van der Waals surface area contributed by atoms with E-state index < -0.39 is 5.97 Å². The second-order valence-corrected chi connectivity index (χ2v) is 8.32. The third kappa shape index (κ3) is 4.80. The number of nitrogens with one attached hydrogen (secondary N) is 1. The molecule has 4 aromatic rings. The molecule has 1 heterocycles. The van der Waals surface area contributed by atoms with E-state index in [2.05, 4.69) is 15.5 Å². The lowest BCUT2D eigenvalue weighted by Crippen LogP contribution is -2.00. The van der Waals surface area contributed by atoms with Gasteiger partial charge in [-0.1, -0.05) is 52.7 Å². The van der Waals surface area contributed by atoms with Gasteiger partial charge in [0.05, 0.1) is 15.6 Å². The molecule has 2 N–H and O–H groups in total. The van der Waals surface area contributed by atoms with Gasteiger partial charge in [0, 0.05) is 16.8 Å². The number of carbonyl (C=O) groups is 1. The van der Waals surface area contributed by atoms with Crippen molar-refractivity contribution in [2.24, 2.45) is 0 Å². The lowest BCUT2D eigenvalue weighted by Gasteiger charge is -2.11. The molecular weight excluding hydrogens is 457 g/mol. The number of carboxylic acids is 1. The van der Waals surface area contributed by atoms with E-state index in [9.17, 15) is 9.90 Å². The van der Waals surface area contributed by atoms with Crippen LogP contribution in [-0.4, -0.2) is 21.3 Å². The van der Waals surface area contributed by atoms with Crippen LogP contribution in [0, 0.1) is 6.92 Å². The van der Waals surface area contributed by atoms with Crippen LogP contribution in [0.3, 0.4) is 0 Å². The van der Waals surface area contributed by atoms with Crippen molar-refractivity contribution in [1.82, 2.24) is 10.2 Å². The molecule has 0 unspecified atom stereocenters. The molecule has 6 nitrogen and oxygen atoms in total. The van der Waals surface area contributed by atoms with E-state index >= 15 is 0 Å². The van der Waals surface area contributed by atoms with Crippen LogP contribution in [0.1, 0.15) is 15.9 Å². The van der Waals surface area contributed by atoms with E-state index in [1.165, 1.54) is 11.3 Å². The molecule has 0 amide bonds. The molecule has 31 heavy (non-hydrogen) atoms. The summed E-state index contributed by atoms with van der Waals surface area (Å²) in [6.07, 6.45) is 0. The van der Waals surface area contributed by atoms with Crippen LogP contribution in [0.5, 0.6) is 11.5 Å². The number of halogens is 2. The largest absolute Gasteiger partial charge is 0.478 e. The predicted octanol–water partition coefficient (Wildman–Crippen LogP) is 7.05. The molecule has 9 heteroatoms. The van der Waals surface area contributed by atoms with Gasteiger partial charge in [-0.3, -0.25) is 0 Å². The summed E-state index contributed by atoms with van der Waals surface area (Å²) in [5.74, 6) is 0.0567. The Balaban J connectivity index is 1.55. The van der Waals surface area contributed by atoms with Crippen molar-refractivity contribution in [1.29, 1.82) is 0 Å². The first-order chi connectivity index (χ1) is 14.9. The van der Waals surface area contributed by atoms with Crippen molar-refractivity contribution in [2.45, 2.75) is 6.92 Å². The fraction of sp³-hybridized carbons (Fsp3) is 0.0455. The quantitative estimate of drug-likeness (QED) is 0.313. The van der Waals surface area contributed by atoms with E-state index in [4.69, 9.17) is 27.9 Å². The highest BCUT2D eigenvalue weighted by atomic mass is 35.5. The maximum Gasteiger partial charge on any atom is 0.336 e. The van der Waals surface area contributed by atoms with Gasteiger partial charge in [-0.15, -0.1) is 10.2 Å². The van der Waals surface area contributed by atoms with Crippen LogP contribution in [0.25, 0.3) is 10.6 Å². The molecule has 0 atom stereocenters. The number of hydrogen-bond donors (Lipinski definition) is 2. The fourth-order valence-corrected chi connectivity index (χ4v) is 3.92. The molecule has 3 aromatic carbocycles. The Morgan fingerprint density at radius 3 is 2.61 bits per heavy atom. The number of hydrogen-bond acceptors (Lipinski definition) is 6. The maximum atomic E-state index is 11.3. The zero-order valence-electron chi connectivity index (χ0n) is 16.1. The second kappa shape index (κ2) is 8.93. The van der Waals surface area contributed by atoms with Crippen LogP contribution < -0.4 is 10.1 Å². The summed E-state index contributed by atoms with van der Waals surface area (Å²) >= 11 is 13.4. The lowest BCUT2D eigenvalue weighted by atomic mass is 10.1.